The molecule has 0 fully saturated rings. The molecule has 0 N–H and O–H groups in total. The van der Waals surface area contributed by atoms with Crippen molar-refractivity contribution in [1.29, 1.82) is 0 Å². The van der Waals surface area contributed by atoms with Crippen LogP contribution in [0.2, 0.25) is 0 Å². The predicted molar refractivity (Wildman–Crippen MR) is 56.2 cm³/mol. The van der Waals surface area contributed by atoms with Crippen molar-refractivity contribution in [2.75, 3.05) is 0 Å². The second kappa shape index (κ2) is 7.87. The Morgan fingerprint density at radius 3 is 1.61 bits per heavy atom. The number of hydrogen-bond acceptors (Lipinski definition) is 1. The Bertz CT molecular complexity index is 462. The van der Waals surface area contributed by atoms with E-state index in [4.69, 9.17) is 0 Å². The highest BCUT2D eigenvalue weighted by Crippen LogP contribution is 1.90. The van der Waals surface area contributed by atoms with Crippen molar-refractivity contribution in [3.05, 3.63) is 37.4 Å². The van der Waals surface area contributed by atoms with E-state index in [-0.39, 0.29) is 53.7 Å². The molecular formula is C11H16I2N4O. The third kappa shape index (κ3) is 5.04. The minimum absolute atomic E-state index is 0. The minimum atomic E-state index is 0. The van der Waals surface area contributed by atoms with Crippen LogP contribution in [0.15, 0.2) is 37.4 Å². The van der Waals surface area contributed by atoms with E-state index >= 15 is 0 Å². The summed E-state index contributed by atoms with van der Waals surface area (Å²) in [4.78, 5) is 11.7. The van der Waals surface area contributed by atoms with E-state index < -0.39 is 0 Å². The van der Waals surface area contributed by atoms with Crippen LogP contribution < -0.4 is 57.1 Å². The topological polar surface area (TPSA) is 34.7 Å². The number of imidazole rings is 2. The number of carbonyl (C=O) groups excluding carboxylic acids is 1. The third-order valence-corrected chi connectivity index (χ3v) is 2.37. The number of Topliss-reactive ketones (excluding diaryl/α,β-unsaturated/α-hetero) is 1. The molecule has 0 bridgehead atoms. The predicted octanol–water partition coefficient (Wildman–Crippen LogP) is -6.78. The van der Waals surface area contributed by atoms with Gasteiger partial charge >= 0.3 is 0 Å². The molecule has 0 aliphatic carbocycles. The Labute approximate surface area is 140 Å². The molecule has 2 rings (SSSR count). The van der Waals surface area contributed by atoms with Crippen molar-refractivity contribution in [3.63, 3.8) is 0 Å². The number of carbonyl (C=O) groups is 1. The van der Waals surface area contributed by atoms with Gasteiger partial charge in [0.05, 0.1) is 14.1 Å². The molecule has 2 aromatic heterocycles. The van der Waals surface area contributed by atoms with Crippen LogP contribution in [0.1, 0.15) is 0 Å². The van der Waals surface area contributed by atoms with E-state index in [0.717, 1.165) is 0 Å². The highest BCUT2D eigenvalue weighted by Gasteiger charge is 2.11. The van der Waals surface area contributed by atoms with Gasteiger partial charge in [0.2, 0.25) is 18.4 Å². The molecule has 2 heterocycles. The number of aryl methyl sites for hydroxylation is 2. The van der Waals surface area contributed by atoms with Gasteiger partial charge in [-0.15, -0.1) is 0 Å². The van der Waals surface area contributed by atoms with Crippen molar-refractivity contribution in [2.45, 2.75) is 13.1 Å². The normalized spacial score (nSPS) is 9.44. The Morgan fingerprint density at radius 2 is 1.33 bits per heavy atom. The highest BCUT2D eigenvalue weighted by atomic mass is 127. The van der Waals surface area contributed by atoms with Crippen molar-refractivity contribution in [3.8, 4) is 0 Å². The largest absolute Gasteiger partial charge is 1.00 e. The molecule has 0 saturated carbocycles. The van der Waals surface area contributed by atoms with Gasteiger partial charge in [0.1, 0.15) is 24.8 Å². The van der Waals surface area contributed by atoms with Gasteiger partial charge in [-0.3, -0.25) is 4.79 Å². The fraction of sp³-hybridized carbons (Fsp3) is 0.364. The van der Waals surface area contributed by atoms with E-state index in [1.807, 2.05) is 69.8 Å². The molecule has 0 spiro atoms. The van der Waals surface area contributed by atoms with Crippen LogP contribution in [0, 0.1) is 0 Å². The highest BCUT2D eigenvalue weighted by molar-refractivity contribution is 5.77. The molecule has 0 aliphatic rings. The Kier molecular flexibility index (Phi) is 7.67. The summed E-state index contributed by atoms with van der Waals surface area (Å²) >= 11 is 0. The standard InChI is InChI=1S/C11H16N4O.2HI/c1-12-3-5-14(9-12)7-11(16)8-15-6-4-13(2)10-15;;/h3-6,9-10H,7-8H2,1-2H3;2*1H/q+2;;/p-2. The molecule has 100 valence electrons. The van der Waals surface area contributed by atoms with Crippen LogP contribution in [0.3, 0.4) is 0 Å². The average molecular weight is 474 g/mol. The number of ketones is 1. The SMILES string of the molecule is C[n+]1ccn(CC(=O)Cn2cc[n+](C)c2)c1.[I-].[I-]. The molecule has 0 unspecified atom stereocenters. The van der Waals surface area contributed by atoms with Crippen LogP contribution in [0.4, 0.5) is 0 Å². The van der Waals surface area contributed by atoms with Gasteiger partial charge in [-0.2, -0.15) is 0 Å². The van der Waals surface area contributed by atoms with Crippen LogP contribution in [-0.4, -0.2) is 14.9 Å². The van der Waals surface area contributed by atoms with Crippen LogP contribution in [0.25, 0.3) is 0 Å². The fourth-order valence-electron chi connectivity index (χ4n) is 1.65. The Hall–Kier alpha value is -0.450. The zero-order valence-electron chi connectivity index (χ0n) is 10.3. The first-order valence-corrected chi connectivity index (χ1v) is 5.17. The lowest BCUT2D eigenvalue weighted by atomic mass is 10.4. The summed E-state index contributed by atoms with van der Waals surface area (Å²) in [5, 5.41) is 0. The van der Waals surface area contributed by atoms with E-state index in [9.17, 15) is 4.79 Å². The molecule has 0 radical (unpaired) electrons. The fourth-order valence-corrected chi connectivity index (χ4v) is 1.65. The van der Waals surface area contributed by atoms with Gasteiger partial charge < -0.3 is 48.0 Å². The molecule has 0 saturated heterocycles. The van der Waals surface area contributed by atoms with Crippen molar-refractivity contribution in [2.24, 2.45) is 14.1 Å². The van der Waals surface area contributed by atoms with Gasteiger partial charge in [-0.05, 0) is 0 Å². The second-order valence-electron chi connectivity index (χ2n) is 4.04. The van der Waals surface area contributed by atoms with Gasteiger partial charge in [0, 0.05) is 0 Å². The van der Waals surface area contributed by atoms with Crippen molar-refractivity contribution < 1.29 is 61.9 Å². The van der Waals surface area contributed by atoms with Crippen molar-refractivity contribution in [1.82, 2.24) is 9.13 Å². The molecule has 0 amide bonds. The van der Waals surface area contributed by atoms with E-state index in [1.165, 1.54) is 0 Å². The number of aromatic nitrogens is 4. The summed E-state index contributed by atoms with van der Waals surface area (Å²) in [6, 6.07) is 0. The van der Waals surface area contributed by atoms with E-state index in [1.54, 1.807) is 0 Å². The molecule has 18 heavy (non-hydrogen) atoms. The van der Waals surface area contributed by atoms with Crippen LogP contribution >= 0.6 is 0 Å². The van der Waals surface area contributed by atoms with Gasteiger partial charge in [0.25, 0.3) is 0 Å². The molecule has 0 aromatic carbocycles. The molecular weight excluding hydrogens is 458 g/mol. The number of nitrogens with zero attached hydrogens (tertiary/aromatic N) is 4. The zero-order chi connectivity index (χ0) is 11.5. The first-order chi connectivity index (χ1) is 7.63. The quantitative estimate of drug-likeness (QED) is 0.321. The van der Waals surface area contributed by atoms with E-state index in [2.05, 4.69) is 0 Å². The zero-order valence-corrected chi connectivity index (χ0v) is 14.6. The monoisotopic (exact) mass is 474 g/mol. The summed E-state index contributed by atoms with van der Waals surface area (Å²) in [5.74, 6) is 0.187. The maximum Gasteiger partial charge on any atom is 0.243 e. The van der Waals surface area contributed by atoms with Crippen LogP contribution in [-0.2, 0) is 32.0 Å². The summed E-state index contributed by atoms with van der Waals surface area (Å²) < 4.78 is 7.60. The van der Waals surface area contributed by atoms with Crippen molar-refractivity contribution >= 4 is 5.78 Å². The van der Waals surface area contributed by atoms with Gasteiger partial charge in [-0.25, -0.2) is 18.3 Å². The summed E-state index contributed by atoms with van der Waals surface area (Å²) in [6.07, 6.45) is 11.4. The number of hydrogen-bond donors (Lipinski definition) is 0. The summed E-state index contributed by atoms with van der Waals surface area (Å²) in [6.45, 7) is 0.839. The minimum Gasteiger partial charge on any atom is -1.00 e. The first-order valence-electron chi connectivity index (χ1n) is 5.17. The summed E-state index contributed by atoms with van der Waals surface area (Å²) in [5.41, 5.74) is 0. The molecule has 0 aliphatic heterocycles. The molecule has 2 aromatic rings. The lowest BCUT2D eigenvalue weighted by Crippen LogP contribution is -3.00. The Balaban J connectivity index is 0.00000144. The lowest BCUT2D eigenvalue weighted by molar-refractivity contribution is -0.671. The smallest absolute Gasteiger partial charge is 0.243 e. The Morgan fingerprint density at radius 1 is 0.944 bits per heavy atom. The maximum atomic E-state index is 11.7. The van der Waals surface area contributed by atoms with Gasteiger partial charge in [-0.1, -0.05) is 0 Å². The van der Waals surface area contributed by atoms with Gasteiger partial charge in [0.15, 0.2) is 13.1 Å². The number of halogens is 2. The van der Waals surface area contributed by atoms with E-state index in [0.29, 0.717) is 13.1 Å². The number of rotatable bonds is 4. The molecule has 5 nitrogen and oxygen atoms in total. The molecule has 0 atom stereocenters. The van der Waals surface area contributed by atoms with Crippen LogP contribution in [0.5, 0.6) is 0 Å². The average Bonchev–Trinajstić information content (AvgIpc) is 2.76. The first kappa shape index (κ1) is 17.6. The summed E-state index contributed by atoms with van der Waals surface area (Å²) in [7, 11) is 3.87. The lowest BCUT2D eigenvalue weighted by Gasteiger charge is -1.94. The maximum absolute atomic E-state index is 11.7. The third-order valence-electron chi connectivity index (χ3n) is 2.37. The molecule has 7 heteroatoms. The second-order valence-corrected chi connectivity index (χ2v) is 4.04.